The summed E-state index contributed by atoms with van der Waals surface area (Å²) in [5.74, 6) is 0.0208. The molecule has 2 aromatic carbocycles. The highest BCUT2D eigenvalue weighted by Gasteiger charge is 2.11. The van der Waals surface area contributed by atoms with Crippen LogP contribution >= 0.6 is 0 Å². The van der Waals surface area contributed by atoms with Crippen molar-refractivity contribution in [3.05, 3.63) is 71.2 Å². The van der Waals surface area contributed by atoms with Crippen LogP contribution in [0.1, 0.15) is 16.8 Å². The van der Waals surface area contributed by atoms with Crippen LogP contribution < -0.4 is 5.32 Å². The molecular weight excluding hydrogens is 307 g/mol. The summed E-state index contributed by atoms with van der Waals surface area (Å²) in [5, 5.41) is 6.74. The highest BCUT2D eigenvalue weighted by molar-refractivity contribution is 5.92. The van der Waals surface area contributed by atoms with Crippen LogP contribution in [0, 0.1) is 19.7 Å². The fourth-order valence-electron chi connectivity index (χ4n) is 2.33. The van der Waals surface area contributed by atoms with Crippen molar-refractivity contribution in [2.45, 2.75) is 20.3 Å². The van der Waals surface area contributed by atoms with E-state index in [9.17, 15) is 9.18 Å². The van der Waals surface area contributed by atoms with Crippen molar-refractivity contribution in [3.63, 3.8) is 0 Å². The summed E-state index contributed by atoms with van der Waals surface area (Å²) in [5.41, 5.74) is 4.28. The van der Waals surface area contributed by atoms with E-state index in [4.69, 9.17) is 4.52 Å². The van der Waals surface area contributed by atoms with E-state index in [0.29, 0.717) is 17.0 Å². The zero-order valence-electron chi connectivity index (χ0n) is 13.5. The Labute approximate surface area is 139 Å². The average molecular weight is 324 g/mol. The highest BCUT2D eigenvalue weighted by atomic mass is 19.1. The van der Waals surface area contributed by atoms with Crippen LogP contribution in [0.2, 0.25) is 0 Å². The summed E-state index contributed by atoms with van der Waals surface area (Å²) in [6.07, 6.45) is 0.109. The maximum absolute atomic E-state index is 12.9. The Morgan fingerprint density at radius 3 is 2.54 bits per heavy atom. The lowest BCUT2D eigenvalue weighted by molar-refractivity contribution is -0.115. The average Bonchev–Trinajstić information content (AvgIpc) is 3.00. The number of halogens is 1. The van der Waals surface area contributed by atoms with Gasteiger partial charge in [0.2, 0.25) is 5.91 Å². The molecule has 0 saturated carbocycles. The zero-order valence-corrected chi connectivity index (χ0v) is 13.5. The first-order valence-corrected chi connectivity index (χ1v) is 7.60. The van der Waals surface area contributed by atoms with Crippen LogP contribution in [-0.4, -0.2) is 11.1 Å². The summed E-state index contributed by atoms with van der Waals surface area (Å²) in [7, 11) is 0. The molecule has 0 aliphatic heterocycles. The summed E-state index contributed by atoms with van der Waals surface area (Å²) in [4.78, 5) is 12.1. The molecule has 24 heavy (non-hydrogen) atoms. The summed E-state index contributed by atoms with van der Waals surface area (Å²) in [6.45, 7) is 4.02. The number of anilines is 1. The molecular formula is C19H17FN2O2. The third-order valence-electron chi connectivity index (χ3n) is 3.82. The van der Waals surface area contributed by atoms with Crippen LogP contribution in [0.4, 0.5) is 10.1 Å². The second kappa shape index (κ2) is 6.66. The van der Waals surface area contributed by atoms with Gasteiger partial charge in [-0.3, -0.25) is 4.79 Å². The van der Waals surface area contributed by atoms with Crippen molar-refractivity contribution in [2.75, 3.05) is 5.32 Å². The van der Waals surface area contributed by atoms with Gasteiger partial charge in [-0.05, 0) is 61.4 Å². The van der Waals surface area contributed by atoms with E-state index in [-0.39, 0.29) is 18.1 Å². The number of nitrogens with one attached hydrogen (secondary N) is 1. The molecule has 0 aliphatic carbocycles. The summed E-state index contributed by atoms with van der Waals surface area (Å²) >= 11 is 0. The van der Waals surface area contributed by atoms with Crippen LogP contribution in [0.15, 0.2) is 53.1 Å². The van der Waals surface area contributed by atoms with E-state index in [1.165, 1.54) is 17.7 Å². The van der Waals surface area contributed by atoms with Crippen molar-refractivity contribution in [3.8, 4) is 11.3 Å². The molecule has 0 atom stereocenters. The van der Waals surface area contributed by atoms with Crippen molar-refractivity contribution < 1.29 is 13.7 Å². The monoisotopic (exact) mass is 324 g/mol. The van der Waals surface area contributed by atoms with Crippen molar-refractivity contribution >= 4 is 11.6 Å². The number of rotatable bonds is 4. The van der Waals surface area contributed by atoms with Gasteiger partial charge in [0.25, 0.3) is 0 Å². The van der Waals surface area contributed by atoms with Gasteiger partial charge in [0.15, 0.2) is 5.76 Å². The van der Waals surface area contributed by atoms with E-state index in [1.54, 1.807) is 18.2 Å². The van der Waals surface area contributed by atoms with Gasteiger partial charge < -0.3 is 9.84 Å². The quantitative estimate of drug-likeness (QED) is 0.779. The highest BCUT2D eigenvalue weighted by Crippen LogP contribution is 2.21. The van der Waals surface area contributed by atoms with Crippen molar-refractivity contribution in [1.82, 2.24) is 5.16 Å². The van der Waals surface area contributed by atoms with E-state index in [2.05, 4.69) is 10.5 Å². The number of aryl methyl sites for hydroxylation is 2. The van der Waals surface area contributed by atoms with E-state index in [0.717, 1.165) is 11.3 Å². The normalized spacial score (nSPS) is 10.6. The SMILES string of the molecule is Cc1ccc(NC(=O)Cc2cc(-c3ccc(F)cc3)on2)cc1C. The largest absolute Gasteiger partial charge is 0.356 e. The number of aromatic nitrogens is 1. The summed E-state index contributed by atoms with van der Waals surface area (Å²) in [6, 6.07) is 13.4. The van der Waals surface area contributed by atoms with Gasteiger partial charge >= 0.3 is 0 Å². The number of nitrogens with zero attached hydrogens (tertiary/aromatic N) is 1. The molecule has 1 aromatic heterocycles. The number of benzene rings is 2. The van der Waals surface area contributed by atoms with Gasteiger partial charge in [-0.15, -0.1) is 0 Å². The standard InChI is InChI=1S/C19H17FN2O2/c1-12-3-8-16(9-13(12)2)21-19(23)11-17-10-18(24-22-17)14-4-6-15(20)7-5-14/h3-10H,11H2,1-2H3,(H,21,23). The Kier molecular flexibility index (Phi) is 4.42. The minimum atomic E-state index is -0.314. The van der Waals surface area contributed by atoms with Gasteiger partial charge in [-0.1, -0.05) is 11.2 Å². The van der Waals surface area contributed by atoms with E-state index < -0.39 is 0 Å². The molecule has 4 nitrogen and oxygen atoms in total. The molecule has 0 aliphatic rings. The lowest BCUT2D eigenvalue weighted by Gasteiger charge is -2.06. The van der Waals surface area contributed by atoms with Crippen LogP contribution in [0.3, 0.4) is 0 Å². The molecule has 0 spiro atoms. The van der Waals surface area contributed by atoms with Gasteiger partial charge in [0.1, 0.15) is 5.82 Å². The predicted octanol–water partition coefficient (Wildman–Crippen LogP) is 4.28. The number of hydrogen-bond acceptors (Lipinski definition) is 3. The third kappa shape index (κ3) is 3.68. The first kappa shape index (κ1) is 15.9. The predicted molar refractivity (Wildman–Crippen MR) is 90.1 cm³/mol. The molecule has 1 N–H and O–H groups in total. The molecule has 3 aromatic rings. The minimum absolute atomic E-state index is 0.109. The number of carbonyl (C=O) groups excluding carboxylic acids is 1. The van der Waals surface area contributed by atoms with Gasteiger partial charge in [-0.2, -0.15) is 0 Å². The maximum Gasteiger partial charge on any atom is 0.230 e. The lowest BCUT2D eigenvalue weighted by atomic mass is 10.1. The second-order valence-electron chi connectivity index (χ2n) is 5.71. The summed E-state index contributed by atoms with van der Waals surface area (Å²) < 4.78 is 18.2. The molecule has 1 amide bonds. The topological polar surface area (TPSA) is 55.1 Å². The Bertz CT molecular complexity index is 869. The Balaban J connectivity index is 1.66. The van der Waals surface area contributed by atoms with E-state index >= 15 is 0 Å². The Hall–Kier alpha value is -2.95. The number of carbonyl (C=O) groups is 1. The fourth-order valence-corrected chi connectivity index (χ4v) is 2.33. The second-order valence-corrected chi connectivity index (χ2v) is 5.71. The molecule has 1 heterocycles. The van der Waals surface area contributed by atoms with Crippen LogP contribution in [0.5, 0.6) is 0 Å². The lowest BCUT2D eigenvalue weighted by Crippen LogP contribution is -2.14. The molecule has 5 heteroatoms. The van der Waals surface area contributed by atoms with Gasteiger partial charge in [0.05, 0.1) is 12.1 Å². The van der Waals surface area contributed by atoms with Crippen LogP contribution in [-0.2, 0) is 11.2 Å². The minimum Gasteiger partial charge on any atom is -0.356 e. The fraction of sp³-hybridized carbons (Fsp3) is 0.158. The molecule has 122 valence electrons. The molecule has 0 bridgehead atoms. The molecule has 3 rings (SSSR count). The smallest absolute Gasteiger partial charge is 0.230 e. The number of hydrogen-bond donors (Lipinski definition) is 1. The number of amides is 1. The molecule has 0 fully saturated rings. The van der Waals surface area contributed by atoms with Gasteiger partial charge in [-0.25, -0.2) is 4.39 Å². The van der Waals surface area contributed by atoms with Crippen molar-refractivity contribution in [1.29, 1.82) is 0 Å². The third-order valence-corrected chi connectivity index (χ3v) is 3.82. The zero-order chi connectivity index (χ0) is 17.1. The maximum atomic E-state index is 12.9. The Morgan fingerprint density at radius 2 is 1.83 bits per heavy atom. The molecule has 0 saturated heterocycles. The Morgan fingerprint density at radius 1 is 1.08 bits per heavy atom. The molecule has 0 radical (unpaired) electrons. The van der Waals surface area contributed by atoms with Gasteiger partial charge in [0, 0.05) is 17.3 Å². The van der Waals surface area contributed by atoms with Crippen molar-refractivity contribution in [2.24, 2.45) is 0 Å². The van der Waals surface area contributed by atoms with E-state index in [1.807, 2.05) is 32.0 Å². The first-order valence-electron chi connectivity index (χ1n) is 7.60. The first-order chi connectivity index (χ1) is 11.5. The van der Waals surface area contributed by atoms with Crippen LogP contribution in [0.25, 0.3) is 11.3 Å². The molecule has 0 unspecified atom stereocenters.